The zero-order valence-electron chi connectivity index (χ0n) is 13.8. The smallest absolute Gasteiger partial charge is 0.225 e. The number of piperidine rings is 1. The number of nitrogens with zero attached hydrogens (tertiary/aromatic N) is 6. The number of aromatic nitrogens is 2. The van der Waals surface area contributed by atoms with E-state index in [1.165, 1.54) is 0 Å². The van der Waals surface area contributed by atoms with Gasteiger partial charge in [-0.3, -0.25) is 0 Å². The normalized spacial score (nSPS) is 22.2. The molecule has 0 saturated carbocycles. The van der Waals surface area contributed by atoms with Crippen molar-refractivity contribution in [1.82, 2.24) is 14.9 Å². The topological polar surface area (TPSA) is 79.8 Å². The number of fused-ring (bicyclic) bond motifs is 1. The summed E-state index contributed by atoms with van der Waals surface area (Å²) in [5, 5.41) is 18.1. The molecule has 0 radical (unpaired) electrons. The highest BCUT2D eigenvalue weighted by atomic mass is 15.3. The molecule has 0 aliphatic carbocycles. The Balaban J connectivity index is 1.50. The van der Waals surface area contributed by atoms with E-state index in [-0.39, 0.29) is 0 Å². The van der Waals surface area contributed by atoms with E-state index in [2.05, 4.69) is 27.1 Å². The number of nitriles is 2. The van der Waals surface area contributed by atoms with Crippen LogP contribution in [0.2, 0.25) is 0 Å². The average Bonchev–Trinajstić information content (AvgIpc) is 3.11. The summed E-state index contributed by atoms with van der Waals surface area (Å²) in [7, 11) is 0. The number of likely N-dealkylation sites (tertiary alicyclic amines) is 1. The minimum absolute atomic E-state index is 0.518. The Kier molecular flexibility index (Phi) is 3.95. The lowest BCUT2D eigenvalue weighted by molar-refractivity contribution is 0.207. The zero-order chi connectivity index (χ0) is 17.2. The summed E-state index contributed by atoms with van der Waals surface area (Å²) in [6.45, 7) is 3.58. The van der Waals surface area contributed by atoms with Crippen molar-refractivity contribution in [2.24, 2.45) is 11.8 Å². The van der Waals surface area contributed by atoms with Gasteiger partial charge < -0.3 is 9.80 Å². The van der Waals surface area contributed by atoms with Gasteiger partial charge in [0.15, 0.2) is 6.19 Å². The number of hydrogen-bond acceptors (Lipinski definition) is 6. The Morgan fingerprint density at radius 3 is 2.56 bits per heavy atom. The van der Waals surface area contributed by atoms with Crippen LogP contribution in [0.25, 0.3) is 11.1 Å². The quantitative estimate of drug-likeness (QED) is 0.786. The van der Waals surface area contributed by atoms with Gasteiger partial charge in [-0.2, -0.15) is 10.5 Å². The number of hydrogen-bond donors (Lipinski definition) is 0. The van der Waals surface area contributed by atoms with Gasteiger partial charge in [0.25, 0.3) is 0 Å². The summed E-state index contributed by atoms with van der Waals surface area (Å²) in [6.07, 6.45) is 6.97. The van der Waals surface area contributed by atoms with Crippen molar-refractivity contribution in [2.75, 3.05) is 31.1 Å². The minimum Gasteiger partial charge on any atom is -0.340 e. The summed E-state index contributed by atoms with van der Waals surface area (Å²) in [5.74, 6) is 1.89. The van der Waals surface area contributed by atoms with Gasteiger partial charge in [0.05, 0.1) is 11.6 Å². The third kappa shape index (κ3) is 2.99. The molecule has 6 heteroatoms. The molecule has 2 aliphatic rings. The summed E-state index contributed by atoms with van der Waals surface area (Å²) < 4.78 is 0. The lowest BCUT2D eigenvalue weighted by Crippen LogP contribution is -2.36. The van der Waals surface area contributed by atoms with E-state index >= 15 is 0 Å². The Morgan fingerprint density at radius 1 is 1.00 bits per heavy atom. The molecule has 0 bridgehead atoms. The van der Waals surface area contributed by atoms with Crippen LogP contribution in [0.15, 0.2) is 36.7 Å². The maximum absolute atomic E-state index is 9.09. The maximum atomic E-state index is 9.09. The van der Waals surface area contributed by atoms with Crippen LogP contribution in [-0.4, -0.2) is 41.0 Å². The third-order valence-electron chi connectivity index (χ3n) is 5.19. The van der Waals surface area contributed by atoms with E-state index < -0.39 is 0 Å². The molecule has 2 saturated heterocycles. The molecule has 2 aliphatic heterocycles. The van der Waals surface area contributed by atoms with E-state index in [1.807, 2.05) is 35.5 Å². The van der Waals surface area contributed by atoms with Crippen molar-refractivity contribution in [3.05, 3.63) is 42.2 Å². The molecule has 0 spiro atoms. The highest BCUT2D eigenvalue weighted by Gasteiger charge is 2.37. The Labute approximate surface area is 147 Å². The molecular formula is C19H18N6. The molecular weight excluding hydrogens is 312 g/mol. The molecule has 4 rings (SSSR count). The summed E-state index contributed by atoms with van der Waals surface area (Å²) in [5.41, 5.74) is 2.49. The lowest BCUT2D eigenvalue weighted by Gasteiger charge is -2.30. The average molecular weight is 330 g/mol. The first kappa shape index (κ1) is 15.4. The van der Waals surface area contributed by atoms with Crippen LogP contribution in [0, 0.1) is 34.6 Å². The van der Waals surface area contributed by atoms with Gasteiger partial charge in [-0.05, 0) is 36.0 Å². The second kappa shape index (κ2) is 6.41. The largest absolute Gasteiger partial charge is 0.340 e. The Bertz CT molecular complexity index is 847. The first-order valence-corrected chi connectivity index (χ1v) is 8.49. The fourth-order valence-corrected chi connectivity index (χ4v) is 3.82. The van der Waals surface area contributed by atoms with Gasteiger partial charge in [-0.15, -0.1) is 0 Å². The van der Waals surface area contributed by atoms with E-state index in [0.717, 1.165) is 49.7 Å². The van der Waals surface area contributed by atoms with E-state index in [0.29, 0.717) is 17.4 Å². The lowest BCUT2D eigenvalue weighted by atomic mass is 9.89. The van der Waals surface area contributed by atoms with Crippen LogP contribution in [0.4, 0.5) is 5.95 Å². The van der Waals surface area contributed by atoms with Crippen LogP contribution in [0.1, 0.15) is 12.0 Å². The minimum atomic E-state index is 0.518. The standard InChI is InChI=1S/C19H18N6/c20-7-14-2-1-3-15(6-14)17-8-22-19(23-9-17)25-11-16-4-5-24(13-21)10-18(16)12-25/h1-3,6,8-9,16,18H,4-5,10-12H2/t16-,18+/m0/s1. The molecule has 25 heavy (non-hydrogen) atoms. The van der Waals surface area contributed by atoms with Crippen molar-refractivity contribution < 1.29 is 0 Å². The van der Waals surface area contributed by atoms with Crippen molar-refractivity contribution in [1.29, 1.82) is 10.5 Å². The molecule has 3 heterocycles. The maximum Gasteiger partial charge on any atom is 0.225 e. The fraction of sp³-hybridized carbons (Fsp3) is 0.368. The molecule has 0 unspecified atom stereocenters. The molecule has 1 aromatic heterocycles. The molecule has 2 fully saturated rings. The van der Waals surface area contributed by atoms with Crippen molar-refractivity contribution >= 4 is 5.95 Å². The molecule has 6 nitrogen and oxygen atoms in total. The van der Waals surface area contributed by atoms with Crippen LogP contribution >= 0.6 is 0 Å². The fourth-order valence-electron chi connectivity index (χ4n) is 3.82. The van der Waals surface area contributed by atoms with Crippen LogP contribution in [-0.2, 0) is 0 Å². The molecule has 124 valence electrons. The van der Waals surface area contributed by atoms with E-state index in [9.17, 15) is 0 Å². The van der Waals surface area contributed by atoms with Crippen LogP contribution in [0.5, 0.6) is 0 Å². The number of benzene rings is 1. The molecule has 2 aromatic rings. The number of rotatable bonds is 2. The molecule has 0 N–H and O–H groups in total. The second-order valence-electron chi connectivity index (χ2n) is 6.72. The second-order valence-corrected chi connectivity index (χ2v) is 6.72. The molecule has 1 aromatic carbocycles. The number of anilines is 1. The first-order chi connectivity index (χ1) is 12.3. The zero-order valence-corrected chi connectivity index (χ0v) is 13.8. The van der Waals surface area contributed by atoms with Gasteiger partial charge in [-0.1, -0.05) is 12.1 Å². The first-order valence-electron chi connectivity index (χ1n) is 8.49. The van der Waals surface area contributed by atoms with Crippen LogP contribution < -0.4 is 4.90 Å². The van der Waals surface area contributed by atoms with Crippen molar-refractivity contribution in [3.63, 3.8) is 0 Å². The monoisotopic (exact) mass is 330 g/mol. The van der Waals surface area contributed by atoms with Gasteiger partial charge in [-0.25, -0.2) is 9.97 Å². The Hall–Kier alpha value is -3.12. The van der Waals surface area contributed by atoms with Gasteiger partial charge in [0, 0.05) is 44.1 Å². The van der Waals surface area contributed by atoms with E-state index in [1.54, 1.807) is 6.07 Å². The predicted molar refractivity (Wildman–Crippen MR) is 93.2 cm³/mol. The summed E-state index contributed by atoms with van der Waals surface area (Å²) in [6, 6.07) is 9.61. The molecule has 0 amide bonds. The highest BCUT2D eigenvalue weighted by Crippen LogP contribution is 2.32. The van der Waals surface area contributed by atoms with Crippen molar-refractivity contribution in [2.45, 2.75) is 6.42 Å². The Morgan fingerprint density at radius 2 is 1.80 bits per heavy atom. The molecule has 2 atom stereocenters. The van der Waals surface area contributed by atoms with Crippen molar-refractivity contribution in [3.8, 4) is 23.4 Å². The summed E-state index contributed by atoms with van der Waals surface area (Å²) in [4.78, 5) is 13.2. The van der Waals surface area contributed by atoms with Gasteiger partial charge in [0.2, 0.25) is 5.95 Å². The van der Waals surface area contributed by atoms with Crippen LogP contribution in [0.3, 0.4) is 0 Å². The van der Waals surface area contributed by atoms with E-state index in [4.69, 9.17) is 10.5 Å². The third-order valence-corrected chi connectivity index (χ3v) is 5.19. The van der Waals surface area contributed by atoms with Gasteiger partial charge >= 0.3 is 0 Å². The SMILES string of the molecule is N#Cc1cccc(-c2cnc(N3C[C@H]4CN(C#N)CC[C@H]4C3)nc2)c1. The summed E-state index contributed by atoms with van der Waals surface area (Å²) >= 11 is 0. The van der Waals surface area contributed by atoms with Gasteiger partial charge in [0.1, 0.15) is 0 Å². The predicted octanol–water partition coefficient (Wildman–Crippen LogP) is 2.25. The highest BCUT2D eigenvalue weighted by molar-refractivity contribution is 5.64.